The molecule has 4 N–H and O–H groups in total. The van der Waals surface area contributed by atoms with Crippen LogP contribution in [0.5, 0.6) is 0 Å². The van der Waals surface area contributed by atoms with Crippen molar-refractivity contribution in [3.63, 3.8) is 0 Å². The molecule has 0 aliphatic heterocycles. The lowest BCUT2D eigenvalue weighted by Gasteiger charge is -2.07. The molecule has 100 valence electrons. The standard InChI is InChI=1S/C14H17N3O2/c1-9(15)6-7-16-13(18)11-8-10-4-2-3-5-12(10)17-14(11)19/h2-5,8-9H,6-7,15H2,1H3,(H,16,18)(H,17,19). The Bertz CT molecular complexity index is 646. The van der Waals surface area contributed by atoms with E-state index in [1.807, 2.05) is 25.1 Å². The average molecular weight is 259 g/mol. The maximum Gasteiger partial charge on any atom is 0.261 e. The van der Waals surface area contributed by atoms with Gasteiger partial charge in [0.25, 0.3) is 11.5 Å². The highest BCUT2D eigenvalue weighted by molar-refractivity contribution is 5.97. The molecule has 0 saturated carbocycles. The van der Waals surface area contributed by atoms with Crippen LogP contribution in [-0.2, 0) is 0 Å². The van der Waals surface area contributed by atoms with Crippen LogP contribution in [0.15, 0.2) is 35.1 Å². The van der Waals surface area contributed by atoms with Gasteiger partial charge in [-0.3, -0.25) is 9.59 Å². The van der Waals surface area contributed by atoms with Gasteiger partial charge >= 0.3 is 0 Å². The first-order valence-electron chi connectivity index (χ1n) is 6.24. The third-order valence-electron chi connectivity index (χ3n) is 2.88. The number of carbonyl (C=O) groups excluding carboxylic acids is 1. The molecule has 1 aromatic carbocycles. The Morgan fingerprint density at radius 3 is 2.89 bits per heavy atom. The molecule has 0 bridgehead atoms. The summed E-state index contributed by atoms with van der Waals surface area (Å²) >= 11 is 0. The van der Waals surface area contributed by atoms with E-state index in [2.05, 4.69) is 10.3 Å². The van der Waals surface area contributed by atoms with Crippen molar-refractivity contribution in [3.05, 3.63) is 46.2 Å². The van der Waals surface area contributed by atoms with Gasteiger partial charge in [-0.25, -0.2) is 0 Å². The summed E-state index contributed by atoms with van der Waals surface area (Å²) in [6.07, 6.45) is 0.678. The molecule has 1 unspecified atom stereocenters. The van der Waals surface area contributed by atoms with Crippen LogP contribution in [0.2, 0.25) is 0 Å². The van der Waals surface area contributed by atoms with E-state index in [1.54, 1.807) is 12.1 Å². The number of amides is 1. The van der Waals surface area contributed by atoms with Crippen LogP contribution < -0.4 is 16.6 Å². The van der Waals surface area contributed by atoms with Gasteiger partial charge in [0.15, 0.2) is 0 Å². The number of carbonyl (C=O) groups is 1. The SMILES string of the molecule is CC(N)CCNC(=O)c1cc2ccccc2[nH]c1=O. The lowest BCUT2D eigenvalue weighted by Crippen LogP contribution is -2.32. The van der Waals surface area contributed by atoms with Crippen LogP contribution in [0.3, 0.4) is 0 Å². The molecular weight excluding hydrogens is 242 g/mol. The number of para-hydroxylation sites is 1. The van der Waals surface area contributed by atoms with E-state index in [9.17, 15) is 9.59 Å². The van der Waals surface area contributed by atoms with E-state index in [4.69, 9.17) is 5.73 Å². The van der Waals surface area contributed by atoms with E-state index in [1.165, 1.54) is 0 Å². The number of H-pyrrole nitrogens is 1. The summed E-state index contributed by atoms with van der Waals surface area (Å²) in [7, 11) is 0. The molecule has 5 heteroatoms. The second-order valence-corrected chi connectivity index (χ2v) is 4.62. The number of nitrogens with two attached hydrogens (primary N) is 1. The summed E-state index contributed by atoms with van der Waals surface area (Å²) in [6.45, 7) is 2.33. The van der Waals surface area contributed by atoms with Gasteiger partial charge in [-0.05, 0) is 30.9 Å². The predicted molar refractivity (Wildman–Crippen MR) is 75.2 cm³/mol. The lowest BCUT2D eigenvalue weighted by atomic mass is 10.1. The summed E-state index contributed by atoms with van der Waals surface area (Å²) in [4.78, 5) is 26.4. The maximum atomic E-state index is 11.9. The number of nitrogens with one attached hydrogen (secondary N) is 2. The van der Waals surface area contributed by atoms with Gasteiger partial charge in [0.05, 0.1) is 0 Å². The van der Waals surface area contributed by atoms with E-state index >= 15 is 0 Å². The number of aromatic amines is 1. The largest absolute Gasteiger partial charge is 0.352 e. The summed E-state index contributed by atoms with van der Waals surface area (Å²) < 4.78 is 0. The normalized spacial score (nSPS) is 12.3. The molecule has 0 spiro atoms. The minimum Gasteiger partial charge on any atom is -0.352 e. The van der Waals surface area contributed by atoms with Gasteiger partial charge in [-0.15, -0.1) is 0 Å². The molecule has 2 aromatic rings. The Labute approximate surface area is 110 Å². The van der Waals surface area contributed by atoms with Crippen molar-refractivity contribution in [1.29, 1.82) is 0 Å². The van der Waals surface area contributed by atoms with Crippen molar-refractivity contribution < 1.29 is 4.79 Å². The van der Waals surface area contributed by atoms with Crippen molar-refractivity contribution >= 4 is 16.8 Å². The second kappa shape index (κ2) is 5.67. The average Bonchev–Trinajstić information content (AvgIpc) is 2.37. The number of hydrogen-bond acceptors (Lipinski definition) is 3. The Balaban J connectivity index is 2.22. The molecule has 0 radical (unpaired) electrons. The van der Waals surface area contributed by atoms with Crippen LogP contribution >= 0.6 is 0 Å². The Hall–Kier alpha value is -2.14. The molecule has 1 amide bonds. The lowest BCUT2D eigenvalue weighted by molar-refractivity contribution is 0.0951. The number of hydrogen-bond donors (Lipinski definition) is 3. The van der Waals surface area contributed by atoms with Crippen molar-refractivity contribution in [2.24, 2.45) is 5.73 Å². The van der Waals surface area contributed by atoms with Crippen molar-refractivity contribution in [3.8, 4) is 0 Å². The highest BCUT2D eigenvalue weighted by Gasteiger charge is 2.11. The van der Waals surface area contributed by atoms with Crippen LogP contribution in [0.25, 0.3) is 10.9 Å². The van der Waals surface area contributed by atoms with Crippen LogP contribution in [0.4, 0.5) is 0 Å². The molecule has 2 rings (SSSR count). The smallest absolute Gasteiger partial charge is 0.261 e. The van der Waals surface area contributed by atoms with Crippen molar-refractivity contribution in [2.45, 2.75) is 19.4 Å². The zero-order chi connectivity index (χ0) is 13.8. The third-order valence-corrected chi connectivity index (χ3v) is 2.88. The minimum absolute atomic E-state index is 0.0233. The summed E-state index contributed by atoms with van der Waals surface area (Å²) in [6, 6.07) is 8.97. The molecule has 1 aromatic heterocycles. The summed E-state index contributed by atoms with van der Waals surface area (Å²) in [5.41, 5.74) is 6.07. The quantitative estimate of drug-likeness (QED) is 0.765. The number of pyridine rings is 1. The van der Waals surface area contributed by atoms with Gasteiger partial charge in [0, 0.05) is 18.1 Å². The highest BCUT2D eigenvalue weighted by Crippen LogP contribution is 2.09. The highest BCUT2D eigenvalue weighted by atomic mass is 16.2. The molecule has 0 fully saturated rings. The topological polar surface area (TPSA) is 88.0 Å². The summed E-state index contributed by atoms with van der Waals surface area (Å²) in [5.74, 6) is -0.368. The number of aromatic nitrogens is 1. The zero-order valence-corrected chi connectivity index (χ0v) is 10.8. The van der Waals surface area contributed by atoms with Gasteiger partial charge in [-0.1, -0.05) is 18.2 Å². The van der Waals surface area contributed by atoms with E-state index in [-0.39, 0.29) is 23.1 Å². The fourth-order valence-electron chi connectivity index (χ4n) is 1.82. The fourth-order valence-corrected chi connectivity index (χ4v) is 1.82. The molecule has 5 nitrogen and oxygen atoms in total. The Morgan fingerprint density at radius 1 is 1.42 bits per heavy atom. The predicted octanol–water partition coefficient (Wildman–Crippen LogP) is 0.995. The van der Waals surface area contributed by atoms with Crippen LogP contribution in [-0.4, -0.2) is 23.5 Å². The minimum atomic E-state index is -0.378. The molecule has 0 aliphatic carbocycles. The van der Waals surface area contributed by atoms with Crippen LogP contribution in [0.1, 0.15) is 23.7 Å². The van der Waals surface area contributed by atoms with Gasteiger partial charge in [0.1, 0.15) is 5.56 Å². The number of benzene rings is 1. The molecule has 0 saturated heterocycles. The van der Waals surface area contributed by atoms with E-state index in [0.717, 1.165) is 10.9 Å². The van der Waals surface area contributed by atoms with Crippen molar-refractivity contribution in [2.75, 3.05) is 6.54 Å². The third kappa shape index (κ3) is 3.20. The second-order valence-electron chi connectivity index (χ2n) is 4.62. The fraction of sp³-hybridized carbons (Fsp3) is 0.286. The van der Waals surface area contributed by atoms with Crippen molar-refractivity contribution in [1.82, 2.24) is 10.3 Å². The van der Waals surface area contributed by atoms with E-state index in [0.29, 0.717) is 13.0 Å². The van der Waals surface area contributed by atoms with Crippen LogP contribution in [0, 0.1) is 0 Å². The first-order valence-corrected chi connectivity index (χ1v) is 6.24. The van der Waals surface area contributed by atoms with E-state index < -0.39 is 0 Å². The molecule has 1 atom stereocenters. The van der Waals surface area contributed by atoms with Gasteiger partial charge in [-0.2, -0.15) is 0 Å². The molecule has 0 aliphatic rings. The first kappa shape index (κ1) is 13.3. The maximum absolute atomic E-state index is 11.9. The molecule has 1 heterocycles. The monoisotopic (exact) mass is 259 g/mol. The Kier molecular flexibility index (Phi) is 3.97. The summed E-state index contributed by atoms with van der Waals surface area (Å²) in [5, 5.41) is 3.53. The number of fused-ring (bicyclic) bond motifs is 1. The molecular formula is C14H17N3O2. The Morgan fingerprint density at radius 2 is 2.16 bits per heavy atom. The number of rotatable bonds is 4. The first-order chi connectivity index (χ1) is 9.08. The molecule has 19 heavy (non-hydrogen) atoms. The zero-order valence-electron chi connectivity index (χ0n) is 10.8. The van der Waals surface area contributed by atoms with Gasteiger partial charge in [0.2, 0.25) is 0 Å². The van der Waals surface area contributed by atoms with Gasteiger partial charge < -0.3 is 16.0 Å².